The van der Waals surface area contributed by atoms with Crippen LogP contribution in [0.2, 0.25) is 5.02 Å². The summed E-state index contributed by atoms with van der Waals surface area (Å²) in [5.74, 6) is 1.83. The fourth-order valence-electron chi connectivity index (χ4n) is 2.79. The van der Waals surface area contributed by atoms with Crippen molar-refractivity contribution in [3.8, 4) is 34.1 Å². The van der Waals surface area contributed by atoms with Crippen LogP contribution in [-0.4, -0.2) is 13.1 Å². The first-order valence-corrected chi connectivity index (χ1v) is 8.01. The Balaban J connectivity index is 1.86. The number of benzene rings is 3. The van der Waals surface area contributed by atoms with E-state index >= 15 is 0 Å². The lowest BCUT2D eigenvalue weighted by Gasteiger charge is -2.23. The van der Waals surface area contributed by atoms with E-state index in [0.29, 0.717) is 39.1 Å². The molecule has 0 aliphatic carbocycles. The number of methoxy groups -OCH3 is 1. The predicted octanol–water partition coefficient (Wildman–Crippen LogP) is 5.69. The molecule has 0 atom stereocenters. The lowest BCUT2D eigenvalue weighted by atomic mass is 9.98. The smallest absolute Gasteiger partial charge is 0.338 e. The van der Waals surface area contributed by atoms with Gasteiger partial charge in [0.2, 0.25) is 0 Å². The van der Waals surface area contributed by atoms with Crippen LogP contribution in [0.1, 0.15) is 10.4 Å². The zero-order valence-electron chi connectivity index (χ0n) is 13.3. The molecule has 3 aromatic carbocycles. The molecule has 0 spiro atoms. The van der Waals surface area contributed by atoms with Crippen molar-refractivity contribution in [3.05, 3.63) is 71.2 Å². The minimum Gasteiger partial charge on any atom is -0.465 e. The highest BCUT2D eigenvalue weighted by molar-refractivity contribution is 6.30. The van der Waals surface area contributed by atoms with Gasteiger partial charge in [-0.05, 0) is 24.3 Å². The van der Waals surface area contributed by atoms with Gasteiger partial charge in [0.1, 0.15) is 0 Å². The van der Waals surface area contributed by atoms with Crippen LogP contribution in [-0.2, 0) is 4.74 Å². The SMILES string of the molecule is COC(=O)c1ccccc1-c1cccc2c1Oc1ccc(Cl)cc1O2. The first-order chi connectivity index (χ1) is 12.2. The first kappa shape index (κ1) is 15.5. The summed E-state index contributed by atoms with van der Waals surface area (Å²) in [6.45, 7) is 0. The van der Waals surface area contributed by atoms with E-state index in [1.807, 2.05) is 30.3 Å². The lowest BCUT2D eigenvalue weighted by molar-refractivity contribution is 0.0601. The van der Waals surface area contributed by atoms with E-state index in [1.165, 1.54) is 7.11 Å². The normalized spacial score (nSPS) is 11.6. The van der Waals surface area contributed by atoms with Crippen LogP contribution in [0.5, 0.6) is 23.0 Å². The van der Waals surface area contributed by atoms with Crippen molar-refractivity contribution in [1.29, 1.82) is 0 Å². The Bertz CT molecular complexity index is 981. The van der Waals surface area contributed by atoms with Crippen LogP contribution in [0.4, 0.5) is 0 Å². The number of esters is 1. The molecule has 4 nitrogen and oxygen atoms in total. The number of ether oxygens (including phenoxy) is 3. The Labute approximate surface area is 149 Å². The van der Waals surface area contributed by atoms with Crippen molar-refractivity contribution < 1.29 is 19.0 Å². The van der Waals surface area contributed by atoms with Gasteiger partial charge in [0.05, 0.1) is 12.7 Å². The Morgan fingerprint density at radius 2 is 1.68 bits per heavy atom. The molecule has 0 bridgehead atoms. The van der Waals surface area contributed by atoms with Gasteiger partial charge in [-0.2, -0.15) is 0 Å². The van der Waals surface area contributed by atoms with Gasteiger partial charge in [-0.25, -0.2) is 4.79 Å². The average Bonchev–Trinajstić information content (AvgIpc) is 2.65. The molecule has 1 aliphatic rings. The Morgan fingerprint density at radius 3 is 2.52 bits per heavy atom. The van der Waals surface area contributed by atoms with Gasteiger partial charge in [-0.15, -0.1) is 0 Å². The molecule has 0 amide bonds. The van der Waals surface area contributed by atoms with E-state index in [0.717, 1.165) is 5.56 Å². The molecule has 3 aromatic rings. The molecule has 0 saturated heterocycles. The third-order valence-corrected chi connectivity index (χ3v) is 4.17. The number of rotatable bonds is 2. The molecule has 0 saturated carbocycles. The Morgan fingerprint density at radius 1 is 0.880 bits per heavy atom. The van der Waals surface area contributed by atoms with Gasteiger partial charge < -0.3 is 14.2 Å². The van der Waals surface area contributed by atoms with Crippen LogP contribution < -0.4 is 9.47 Å². The predicted molar refractivity (Wildman–Crippen MR) is 94.8 cm³/mol. The highest BCUT2D eigenvalue weighted by Gasteiger charge is 2.24. The molecule has 25 heavy (non-hydrogen) atoms. The van der Waals surface area contributed by atoms with Crippen LogP contribution >= 0.6 is 11.6 Å². The van der Waals surface area contributed by atoms with Gasteiger partial charge in [-0.3, -0.25) is 0 Å². The standard InChI is InChI=1S/C20H13ClO4/c1-23-20(22)15-6-3-2-5-13(15)14-7-4-8-17-19(14)25-16-10-9-12(21)11-18(16)24-17/h2-11H,1H3. The second kappa shape index (κ2) is 6.15. The van der Waals surface area contributed by atoms with Gasteiger partial charge in [-0.1, -0.05) is 41.9 Å². The molecule has 0 radical (unpaired) electrons. The zero-order valence-corrected chi connectivity index (χ0v) is 14.0. The molecule has 5 heteroatoms. The molecule has 0 unspecified atom stereocenters. The maximum atomic E-state index is 12.1. The molecule has 0 aromatic heterocycles. The number of fused-ring (bicyclic) bond motifs is 2. The van der Waals surface area contributed by atoms with Crippen molar-refractivity contribution in [1.82, 2.24) is 0 Å². The summed E-state index contributed by atoms with van der Waals surface area (Å²) in [4.78, 5) is 12.1. The van der Waals surface area contributed by atoms with E-state index in [-0.39, 0.29) is 0 Å². The number of carbonyl (C=O) groups is 1. The fraction of sp³-hybridized carbons (Fsp3) is 0.0500. The molecular formula is C20H13ClO4. The second-order valence-electron chi connectivity index (χ2n) is 5.47. The molecule has 0 N–H and O–H groups in total. The summed E-state index contributed by atoms with van der Waals surface area (Å²) in [5, 5.41) is 0.568. The quantitative estimate of drug-likeness (QED) is 0.434. The molecule has 124 valence electrons. The highest BCUT2D eigenvalue weighted by atomic mass is 35.5. The van der Waals surface area contributed by atoms with E-state index < -0.39 is 5.97 Å². The van der Waals surface area contributed by atoms with Crippen LogP contribution in [0.3, 0.4) is 0 Å². The molecule has 1 heterocycles. The fourth-order valence-corrected chi connectivity index (χ4v) is 2.96. The maximum Gasteiger partial charge on any atom is 0.338 e. The number of hydrogen-bond donors (Lipinski definition) is 0. The third kappa shape index (κ3) is 2.71. The van der Waals surface area contributed by atoms with Crippen LogP contribution in [0, 0.1) is 0 Å². The topological polar surface area (TPSA) is 44.8 Å². The second-order valence-corrected chi connectivity index (χ2v) is 5.90. The minimum absolute atomic E-state index is 0.405. The monoisotopic (exact) mass is 352 g/mol. The van der Waals surface area contributed by atoms with Crippen LogP contribution in [0.15, 0.2) is 60.7 Å². The lowest BCUT2D eigenvalue weighted by Crippen LogP contribution is -2.05. The highest BCUT2D eigenvalue weighted by Crippen LogP contribution is 2.50. The van der Waals surface area contributed by atoms with Crippen molar-refractivity contribution in [3.63, 3.8) is 0 Å². The van der Waals surface area contributed by atoms with Crippen LogP contribution in [0.25, 0.3) is 11.1 Å². The summed E-state index contributed by atoms with van der Waals surface area (Å²) in [6.07, 6.45) is 0. The van der Waals surface area contributed by atoms with Crippen molar-refractivity contribution in [2.75, 3.05) is 7.11 Å². The van der Waals surface area contributed by atoms with Crippen molar-refractivity contribution >= 4 is 17.6 Å². The molecule has 0 fully saturated rings. The molecule has 1 aliphatic heterocycles. The van der Waals surface area contributed by atoms with E-state index in [9.17, 15) is 4.79 Å². The minimum atomic E-state index is -0.405. The number of hydrogen-bond acceptors (Lipinski definition) is 4. The maximum absolute atomic E-state index is 12.1. The van der Waals surface area contributed by atoms with E-state index in [1.54, 1.807) is 30.3 Å². The van der Waals surface area contributed by atoms with Gasteiger partial charge in [0.25, 0.3) is 0 Å². The Kier molecular flexibility index (Phi) is 3.82. The van der Waals surface area contributed by atoms with E-state index in [4.69, 9.17) is 25.8 Å². The van der Waals surface area contributed by atoms with Gasteiger partial charge in [0.15, 0.2) is 23.0 Å². The van der Waals surface area contributed by atoms with Crippen molar-refractivity contribution in [2.45, 2.75) is 0 Å². The van der Waals surface area contributed by atoms with Gasteiger partial charge in [0, 0.05) is 22.2 Å². The summed E-state index contributed by atoms with van der Waals surface area (Å²) in [7, 11) is 1.36. The third-order valence-electron chi connectivity index (χ3n) is 3.94. The molecular weight excluding hydrogens is 340 g/mol. The molecule has 4 rings (SSSR count). The summed E-state index contributed by atoms with van der Waals surface area (Å²) in [6, 6.07) is 18.0. The average molecular weight is 353 g/mol. The van der Waals surface area contributed by atoms with E-state index in [2.05, 4.69) is 0 Å². The number of para-hydroxylation sites is 1. The largest absolute Gasteiger partial charge is 0.465 e. The van der Waals surface area contributed by atoms with Crippen molar-refractivity contribution in [2.24, 2.45) is 0 Å². The van der Waals surface area contributed by atoms with Gasteiger partial charge >= 0.3 is 5.97 Å². The first-order valence-electron chi connectivity index (χ1n) is 7.63. The summed E-state index contributed by atoms with van der Waals surface area (Å²) < 4.78 is 16.9. The summed E-state index contributed by atoms with van der Waals surface area (Å²) in [5.41, 5.74) is 1.93. The Hall–Kier alpha value is -2.98. The number of halogens is 1. The summed E-state index contributed by atoms with van der Waals surface area (Å²) >= 11 is 6.02. The number of carbonyl (C=O) groups excluding carboxylic acids is 1. The zero-order chi connectivity index (χ0) is 17.4.